The molecule has 0 aliphatic carbocycles. The third-order valence-corrected chi connectivity index (χ3v) is 3.76. The number of pyridine rings is 1. The summed E-state index contributed by atoms with van der Waals surface area (Å²) in [4.78, 5) is 4.35. The van der Waals surface area contributed by atoms with Crippen LogP contribution in [0, 0.1) is 6.92 Å². The van der Waals surface area contributed by atoms with Crippen molar-refractivity contribution in [3.05, 3.63) is 56.6 Å². The van der Waals surface area contributed by atoms with Crippen molar-refractivity contribution in [3.63, 3.8) is 0 Å². The molecule has 0 saturated heterocycles. The number of benzene rings is 1. The van der Waals surface area contributed by atoms with Crippen molar-refractivity contribution in [1.82, 2.24) is 4.98 Å². The van der Waals surface area contributed by atoms with E-state index in [-0.39, 0.29) is 0 Å². The molecule has 0 unspecified atom stereocenters. The Morgan fingerprint density at radius 3 is 2.65 bits per heavy atom. The van der Waals surface area contributed by atoms with Gasteiger partial charge in [0.2, 0.25) is 0 Å². The Kier molecular flexibility index (Phi) is 4.18. The maximum Gasteiger partial charge on any atom is 0.140 e. The van der Waals surface area contributed by atoms with E-state index in [4.69, 9.17) is 0 Å². The summed E-state index contributed by atoms with van der Waals surface area (Å²) < 4.78 is 2.10. The van der Waals surface area contributed by atoms with E-state index in [1.54, 1.807) is 0 Å². The third-order valence-electron chi connectivity index (χ3n) is 2.38. The number of aromatic nitrogens is 1. The molecule has 88 valence electrons. The molecule has 0 aliphatic heterocycles. The van der Waals surface area contributed by atoms with Crippen LogP contribution in [0.15, 0.2) is 45.5 Å². The highest BCUT2D eigenvalue weighted by Gasteiger charge is 2.03. The number of hydrogen-bond donors (Lipinski definition) is 1. The summed E-state index contributed by atoms with van der Waals surface area (Å²) in [7, 11) is 0. The van der Waals surface area contributed by atoms with E-state index >= 15 is 0 Å². The van der Waals surface area contributed by atoms with E-state index in [2.05, 4.69) is 54.3 Å². The van der Waals surface area contributed by atoms with Crippen molar-refractivity contribution in [2.45, 2.75) is 13.5 Å². The minimum atomic E-state index is 0.746. The Morgan fingerprint density at radius 1 is 1.18 bits per heavy atom. The van der Waals surface area contributed by atoms with Gasteiger partial charge in [0.05, 0.1) is 4.47 Å². The summed E-state index contributed by atoms with van der Waals surface area (Å²) in [5.41, 5.74) is 2.35. The highest BCUT2D eigenvalue weighted by Crippen LogP contribution is 2.22. The zero-order valence-corrected chi connectivity index (χ0v) is 12.5. The van der Waals surface area contributed by atoms with Gasteiger partial charge in [-0.3, -0.25) is 0 Å². The molecule has 17 heavy (non-hydrogen) atoms. The molecule has 0 spiro atoms. The number of aryl methyl sites for hydroxylation is 1. The smallest absolute Gasteiger partial charge is 0.140 e. The Hall–Kier alpha value is -0.870. The average Bonchev–Trinajstić information content (AvgIpc) is 2.30. The number of nitrogens with one attached hydrogen (secondary N) is 1. The monoisotopic (exact) mass is 354 g/mol. The zero-order chi connectivity index (χ0) is 12.3. The first kappa shape index (κ1) is 12.6. The predicted molar refractivity (Wildman–Crippen MR) is 78.1 cm³/mol. The van der Waals surface area contributed by atoms with Crippen molar-refractivity contribution >= 4 is 37.7 Å². The van der Waals surface area contributed by atoms with Crippen LogP contribution in [-0.4, -0.2) is 4.98 Å². The van der Waals surface area contributed by atoms with Crippen LogP contribution in [0.25, 0.3) is 0 Å². The van der Waals surface area contributed by atoms with E-state index in [9.17, 15) is 0 Å². The number of rotatable bonds is 3. The van der Waals surface area contributed by atoms with E-state index in [1.165, 1.54) is 5.56 Å². The lowest BCUT2D eigenvalue weighted by Gasteiger charge is -2.09. The molecule has 0 atom stereocenters. The molecule has 0 amide bonds. The van der Waals surface area contributed by atoms with Crippen molar-refractivity contribution in [2.75, 3.05) is 5.32 Å². The van der Waals surface area contributed by atoms with Gasteiger partial charge in [-0.2, -0.15) is 0 Å². The second-order valence-electron chi connectivity index (χ2n) is 3.79. The van der Waals surface area contributed by atoms with Gasteiger partial charge in [-0.15, -0.1) is 0 Å². The normalized spacial score (nSPS) is 10.3. The first-order valence-electron chi connectivity index (χ1n) is 5.26. The lowest BCUT2D eigenvalue weighted by atomic mass is 10.2. The van der Waals surface area contributed by atoms with Crippen molar-refractivity contribution in [3.8, 4) is 0 Å². The zero-order valence-electron chi connectivity index (χ0n) is 9.37. The van der Waals surface area contributed by atoms with E-state index in [1.807, 2.05) is 31.3 Å². The Bertz CT molecular complexity index is 527. The molecule has 2 aromatic rings. The molecule has 0 aliphatic rings. The van der Waals surface area contributed by atoms with Crippen molar-refractivity contribution in [1.29, 1.82) is 0 Å². The quantitative estimate of drug-likeness (QED) is 0.875. The minimum Gasteiger partial charge on any atom is -0.365 e. The van der Waals surface area contributed by atoms with Gasteiger partial charge in [0, 0.05) is 17.2 Å². The first-order valence-corrected chi connectivity index (χ1v) is 6.85. The Morgan fingerprint density at radius 2 is 1.94 bits per heavy atom. The summed E-state index contributed by atoms with van der Waals surface area (Å²) in [6, 6.07) is 10.2. The topological polar surface area (TPSA) is 24.9 Å². The molecule has 0 fully saturated rings. The van der Waals surface area contributed by atoms with Gasteiger partial charge >= 0.3 is 0 Å². The number of nitrogens with zero attached hydrogens (tertiary/aromatic N) is 1. The van der Waals surface area contributed by atoms with Crippen LogP contribution in [0.4, 0.5) is 5.82 Å². The Balaban J connectivity index is 2.10. The fourth-order valence-electron chi connectivity index (χ4n) is 1.48. The van der Waals surface area contributed by atoms with E-state index in [0.717, 1.165) is 26.9 Å². The van der Waals surface area contributed by atoms with Crippen LogP contribution in [0.3, 0.4) is 0 Å². The number of halogens is 2. The number of anilines is 1. The predicted octanol–water partition coefficient (Wildman–Crippen LogP) is 4.53. The molecule has 1 aromatic heterocycles. The van der Waals surface area contributed by atoms with Gasteiger partial charge in [0.25, 0.3) is 0 Å². The fraction of sp³-hybridized carbons (Fsp3) is 0.154. The highest BCUT2D eigenvalue weighted by atomic mass is 79.9. The number of hydrogen-bond acceptors (Lipinski definition) is 2. The summed E-state index contributed by atoms with van der Waals surface area (Å²) in [6.45, 7) is 2.77. The van der Waals surface area contributed by atoms with Gasteiger partial charge in [-0.05, 0) is 46.1 Å². The van der Waals surface area contributed by atoms with Crippen molar-refractivity contribution < 1.29 is 0 Å². The van der Waals surface area contributed by atoms with Crippen LogP contribution in [0.1, 0.15) is 11.1 Å². The summed E-state index contributed by atoms with van der Waals surface area (Å²) in [6.07, 6.45) is 1.85. The van der Waals surface area contributed by atoms with Crippen LogP contribution >= 0.6 is 31.9 Å². The maximum absolute atomic E-state index is 4.35. The van der Waals surface area contributed by atoms with Gasteiger partial charge in [-0.1, -0.05) is 34.1 Å². The van der Waals surface area contributed by atoms with Crippen LogP contribution in [0.2, 0.25) is 0 Å². The molecule has 2 nitrogen and oxygen atoms in total. The molecule has 4 heteroatoms. The molecule has 0 saturated carbocycles. The van der Waals surface area contributed by atoms with Gasteiger partial charge < -0.3 is 5.32 Å². The maximum atomic E-state index is 4.35. The molecule has 1 aromatic carbocycles. The van der Waals surface area contributed by atoms with Gasteiger partial charge in [-0.25, -0.2) is 4.98 Å². The molecule has 0 radical (unpaired) electrons. The average molecular weight is 356 g/mol. The van der Waals surface area contributed by atoms with Crippen LogP contribution < -0.4 is 5.32 Å². The molecule has 1 N–H and O–H groups in total. The molecular weight excluding hydrogens is 344 g/mol. The largest absolute Gasteiger partial charge is 0.365 e. The second-order valence-corrected chi connectivity index (χ2v) is 5.50. The lowest BCUT2D eigenvalue weighted by Crippen LogP contribution is -2.02. The fourth-order valence-corrected chi connectivity index (χ4v) is 2.51. The van der Waals surface area contributed by atoms with Crippen molar-refractivity contribution in [2.24, 2.45) is 0 Å². The van der Waals surface area contributed by atoms with Gasteiger partial charge in [0.1, 0.15) is 5.82 Å². The molecular formula is C13H12Br2N2. The lowest BCUT2D eigenvalue weighted by molar-refractivity contribution is 1.09. The molecule has 2 rings (SSSR count). The third kappa shape index (κ3) is 3.30. The highest BCUT2D eigenvalue weighted by molar-refractivity contribution is 9.10. The molecule has 0 bridgehead atoms. The first-order chi connectivity index (χ1) is 8.16. The minimum absolute atomic E-state index is 0.746. The summed E-state index contributed by atoms with van der Waals surface area (Å²) in [5.74, 6) is 0.867. The standard InChI is InChI=1S/C13H12Br2N2/c1-9-6-12(15)13(16-7-9)17-8-10-4-2-3-5-11(10)14/h2-7H,8H2,1H3,(H,16,17). The molecule has 1 heterocycles. The second kappa shape index (κ2) is 5.65. The van der Waals surface area contributed by atoms with E-state index < -0.39 is 0 Å². The van der Waals surface area contributed by atoms with Crippen LogP contribution in [-0.2, 0) is 6.54 Å². The van der Waals surface area contributed by atoms with Gasteiger partial charge in [0.15, 0.2) is 0 Å². The summed E-state index contributed by atoms with van der Waals surface area (Å²) in [5, 5.41) is 3.31. The Labute approximate surface area is 118 Å². The van der Waals surface area contributed by atoms with Crippen LogP contribution in [0.5, 0.6) is 0 Å². The summed E-state index contributed by atoms with van der Waals surface area (Å²) >= 11 is 7.03. The van der Waals surface area contributed by atoms with E-state index in [0.29, 0.717) is 0 Å². The SMILES string of the molecule is Cc1cnc(NCc2ccccc2Br)c(Br)c1.